The minimum atomic E-state index is 0.109. The van der Waals surface area contributed by atoms with E-state index in [0.717, 1.165) is 83.9 Å². The lowest BCUT2D eigenvalue weighted by Gasteiger charge is -2.26. The number of furan rings is 1. The third kappa shape index (κ3) is 7.16. The lowest BCUT2D eigenvalue weighted by molar-refractivity contribution is -0.128. The number of aliphatic imine (C=N–C) groups is 1. The largest absolute Gasteiger partial charge is 0.469 e. The maximum absolute atomic E-state index is 12.3. The molecule has 2 saturated heterocycles. The number of carbonyl (C=O) groups is 1. The molecular formula is C20H33N5O3. The molecule has 0 unspecified atom stereocenters. The highest BCUT2D eigenvalue weighted by Gasteiger charge is 2.17. The highest BCUT2D eigenvalue weighted by Crippen LogP contribution is 2.07. The van der Waals surface area contributed by atoms with Crippen molar-refractivity contribution in [3.05, 3.63) is 24.2 Å². The van der Waals surface area contributed by atoms with E-state index in [1.54, 1.807) is 6.26 Å². The Morgan fingerprint density at radius 2 is 1.89 bits per heavy atom. The van der Waals surface area contributed by atoms with Gasteiger partial charge in [0.25, 0.3) is 0 Å². The number of rotatable bonds is 9. The average molecular weight is 392 g/mol. The van der Waals surface area contributed by atoms with E-state index in [1.165, 1.54) is 0 Å². The van der Waals surface area contributed by atoms with Gasteiger partial charge in [0, 0.05) is 45.7 Å². The first kappa shape index (κ1) is 20.7. The first-order valence-electron chi connectivity index (χ1n) is 10.4. The molecule has 0 atom stereocenters. The smallest absolute Gasteiger partial charge is 0.244 e. The predicted molar refractivity (Wildman–Crippen MR) is 108 cm³/mol. The quantitative estimate of drug-likeness (QED) is 0.366. The lowest BCUT2D eigenvalue weighted by Crippen LogP contribution is -2.42. The summed E-state index contributed by atoms with van der Waals surface area (Å²) in [5.41, 5.74) is 0. The molecule has 2 aliphatic heterocycles. The van der Waals surface area contributed by atoms with Gasteiger partial charge in [-0.3, -0.25) is 9.69 Å². The van der Waals surface area contributed by atoms with Crippen LogP contribution in [-0.4, -0.2) is 87.2 Å². The van der Waals surface area contributed by atoms with Crippen LogP contribution < -0.4 is 10.6 Å². The van der Waals surface area contributed by atoms with Gasteiger partial charge in [-0.1, -0.05) is 0 Å². The van der Waals surface area contributed by atoms with Crippen molar-refractivity contribution in [2.75, 3.05) is 65.6 Å². The van der Waals surface area contributed by atoms with Crippen LogP contribution in [0, 0.1) is 0 Å². The summed E-state index contributed by atoms with van der Waals surface area (Å²) < 4.78 is 10.8. The number of hydrogen-bond acceptors (Lipinski definition) is 5. The summed E-state index contributed by atoms with van der Waals surface area (Å²) in [6.07, 6.45) is 5.69. The Balaban J connectivity index is 1.41. The molecular weight excluding hydrogens is 358 g/mol. The molecule has 1 aromatic rings. The van der Waals surface area contributed by atoms with Crippen LogP contribution >= 0.6 is 0 Å². The number of ether oxygens (including phenoxy) is 1. The Labute approximate surface area is 167 Å². The maximum atomic E-state index is 12.3. The van der Waals surface area contributed by atoms with Gasteiger partial charge in [-0.05, 0) is 37.9 Å². The van der Waals surface area contributed by atoms with Crippen LogP contribution in [-0.2, 0) is 16.0 Å². The number of likely N-dealkylation sites (tertiary alicyclic amines) is 1. The third-order valence-corrected chi connectivity index (χ3v) is 5.12. The van der Waals surface area contributed by atoms with Gasteiger partial charge in [0.15, 0.2) is 5.96 Å². The fourth-order valence-corrected chi connectivity index (χ4v) is 3.48. The first-order chi connectivity index (χ1) is 13.8. The highest BCUT2D eigenvalue weighted by molar-refractivity contribution is 5.85. The molecule has 28 heavy (non-hydrogen) atoms. The van der Waals surface area contributed by atoms with Crippen LogP contribution in [0.1, 0.15) is 25.0 Å². The standard InChI is InChI=1S/C20H33N5O3/c26-19(25-10-1-2-11-25)17-23-20(22-8-6-18-5-3-14-28-18)21-7-4-9-24-12-15-27-16-13-24/h3,5,14H,1-2,4,6-13,15-17H2,(H2,21,22,23). The van der Waals surface area contributed by atoms with E-state index in [-0.39, 0.29) is 12.5 Å². The molecule has 3 rings (SSSR count). The van der Waals surface area contributed by atoms with Crippen LogP contribution in [0.3, 0.4) is 0 Å². The highest BCUT2D eigenvalue weighted by atomic mass is 16.5. The molecule has 3 heterocycles. The Bertz CT molecular complexity index is 593. The fraction of sp³-hybridized carbons (Fsp3) is 0.700. The van der Waals surface area contributed by atoms with Crippen molar-refractivity contribution in [3.8, 4) is 0 Å². The minimum absolute atomic E-state index is 0.109. The van der Waals surface area contributed by atoms with Crippen LogP contribution in [0.15, 0.2) is 27.8 Å². The Morgan fingerprint density at radius 1 is 1.11 bits per heavy atom. The van der Waals surface area contributed by atoms with Crippen molar-refractivity contribution >= 4 is 11.9 Å². The summed E-state index contributed by atoms with van der Waals surface area (Å²) in [6.45, 7) is 8.16. The molecule has 1 aromatic heterocycles. The van der Waals surface area contributed by atoms with Crippen molar-refractivity contribution in [1.82, 2.24) is 20.4 Å². The van der Waals surface area contributed by atoms with Crippen molar-refractivity contribution in [1.29, 1.82) is 0 Å². The molecule has 2 aliphatic rings. The number of hydrogen-bond donors (Lipinski definition) is 2. The van der Waals surface area contributed by atoms with Gasteiger partial charge < -0.3 is 24.7 Å². The summed E-state index contributed by atoms with van der Waals surface area (Å²) in [5, 5.41) is 6.68. The summed E-state index contributed by atoms with van der Waals surface area (Å²) in [7, 11) is 0. The number of guanidine groups is 1. The molecule has 0 radical (unpaired) electrons. The molecule has 156 valence electrons. The SMILES string of the molecule is O=C(CN=C(NCCCN1CCOCC1)NCCc1ccco1)N1CCCC1. The average Bonchev–Trinajstić information content (AvgIpc) is 3.43. The second-order valence-electron chi connectivity index (χ2n) is 7.24. The first-order valence-corrected chi connectivity index (χ1v) is 10.4. The van der Waals surface area contributed by atoms with E-state index in [4.69, 9.17) is 9.15 Å². The van der Waals surface area contributed by atoms with Crippen molar-refractivity contribution in [2.24, 2.45) is 4.99 Å². The van der Waals surface area contributed by atoms with E-state index < -0.39 is 0 Å². The molecule has 2 N–H and O–H groups in total. The van der Waals surface area contributed by atoms with Crippen molar-refractivity contribution < 1.29 is 13.9 Å². The van der Waals surface area contributed by atoms with Crippen LogP contribution in [0.25, 0.3) is 0 Å². The number of nitrogens with one attached hydrogen (secondary N) is 2. The van der Waals surface area contributed by atoms with Gasteiger partial charge in [-0.25, -0.2) is 4.99 Å². The molecule has 1 amide bonds. The lowest BCUT2D eigenvalue weighted by atomic mass is 10.3. The second kappa shape index (κ2) is 11.7. The summed E-state index contributed by atoms with van der Waals surface area (Å²) in [4.78, 5) is 21.1. The van der Waals surface area contributed by atoms with Crippen LogP contribution in [0.5, 0.6) is 0 Å². The number of amides is 1. The normalized spacial score (nSPS) is 18.4. The Hall–Kier alpha value is -2.06. The van der Waals surface area contributed by atoms with Crippen LogP contribution in [0.4, 0.5) is 0 Å². The van der Waals surface area contributed by atoms with Gasteiger partial charge in [-0.15, -0.1) is 0 Å². The molecule has 0 spiro atoms. The van der Waals surface area contributed by atoms with Crippen molar-refractivity contribution in [2.45, 2.75) is 25.7 Å². The van der Waals surface area contributed by atoms with E-state index >= 15 is 0 Å². The van der Waals surface area contributed by atoms with E-state index in [2.05, 4.69) is 20.5 Å². The van der Waals surface area contributed by atoms with E-state index in [9.17, 15) is 4.79 Å². The molecule has 0 aliphatic carbocycles. The Morgan fingerprint density at radius 3 is 2.64 bits per heavy atom. The van der Waals surface area contributed by atoms with Gasteiger partial charge in [0.2, 0.25) is 5.91 Å². The van der Waals surface area contributed by atoms with Gasteiger partial charge in [-0.2, -0.15) is 0 Å². The zero-order valence-corrected chi connectivity index (χ0v) is 16.7. The number of carbonyl (C=O) groups excluding carboxylic acids is 1. The molecule has 8 nitrogen and oxygen atoms in total. The topological polar surface area (TPSA) is 82.3 Å². The summed E-state index contributed by atoms with van der Waals surface area (Å²) in [5.74, 6) is 1.74. The monoisotopic (exact) mass is 391 g/mol. The zero-order chi connectivity index (χ0) is 19.4. The summed E-state index contributed by atoms with van der Waals surface area (Å²) in [6, 6.07) is 3.86. The fourth-order valence-electron chi connectivity index (χ4n) is 3.48. The number of morpholine rings is 1. The molecule has 0 aromatic carbocycles. The number of nitrogens with zero attached hydrogens (tertiary/aromatic N) is 3. The molecule has 0 bridgehead atoms. The minimum Gasteiger partial charge on any atom is -0.469 e. The summed E-state index contributed by atoms with van der Waals surface area (Å²) >= 11 is 0. The predicted octanol–water partition coefficient (Wildman–Crippen LogP) is 0.702. The van der Waals surface area contributed by atoms with E-state index in [1.807, 2.05) is 17.0 Å². The van der Waals surface area contributed by atoms with E-state index in [0.29, 0.717) is 12.5 Å². The van der Waals surface area contributed by atoms with Crippen molar-refractivity contribution in [3.63, 3.8) is 0 Å². The zero-order valence-electron chi connectivity index (χ0n) is 16.7. The van der Waals surface area contributed by atoms with Gasteiger partial charge in [0.1, 0.15) is 12.3 Å². The molecule has 8 heteroatoms. The molecule has 0 saturated carbocycles. The van der Waals surface area contributed by atoms with Gasteiger partial charge >= 0.3 is 0 Å². The van der Waals surface area contributed by atoms with Gasteiger partial charge in [0.05, 0.1) is 19.5 Å². The Kier molecular flexibility index (Phi) is 8.64. The molecule has 2 fully saturated rings. The second-order valence-corrected chi connectivity index (χ2v) is 7.24. The maximum Gasteiger partial charge on any atom is 0.244 e. The van der Waals surface area contributed by atoms with Crippen LogP contribution in [0.2, 0.25) is 0 Å². The third-order valence-electron chi connectivity index (χ3n) is 5.12.